The third-order valence-corrected chi connectivity index (χ3v) is 6.60. The maximum Gasteiger partial charge on any atom is 0.253 e. The molecule has 8 nitrogen and oxygen atoms in total. The number of hydrogen-bond donors (Lipinski definition) is 2. The molecule has 1 aliphatic carbocycles. The number of ether oxygens (including phenoxy) is 2. The molecular formula is C27H34N4O4. The first-order chi connectivity index (χ1) is 17.1. The van der Waals surface area contributed by atoms with Crippen LogP contribution in [0, 0.1) is 5.92 Å². The van der Waals surface area contributed by atoms with Crippen LogP contribution in [0.15, 0.2) is 42.7 Å². The van der Waals surface area contributed by atoms with Crippen molar-refractivity contribution in [3.8, 4) is 5.75 Å². The average molecular weight is 479 g/mol. The Morgan fingerprint density at radius 3 is 2.57 bits per heavy atom. The van der Waals surface area contributed by atoms with Crippen molar-refractivity contribution in [2.24, 2.45) is 5.92 Å². The summed E-state index contributed by atoms with van der Waals surface area (Å²) >= 11 is 0. The Morgan fingerprint density at radius 2 is 1.86 bits per heavy atom. The lowest BCUT2D eigenvalue weighted by Gasteiger charge is -2.21. The molecule has 0 spiro atoms. The van der Waals surface area contributed by atoms with Gasteiger partial charge >= 0.3 is 0 Å². The van der Waals surface area contributed by atoms with Gasteiger partial charge in [-0.25, -0.2) is 4.98 Å². The van der Waals surface area contributed by atoms with Gasteiger partial charge in [0.25, 0.3) is 5.91 Å². The van der Waals surface area contributed by atoms with Crippen molar-refractivity contribution in [3.05, 3.63) is 53.9 Å². The summed E-state index contributed by atoms with van der Waals surface area (Å²) in [6.45, 7) is 1.56. The Morgan fingerprint density at radius 1 is 1.09 bits per heavy atom. The third-order valence-electron chi connectivity index (χ3n) is 6.60. The van der Waals surface area contributed by atoms with Crippen molar-refractivity contribution >= 4 is 28.5 Å². The Kier molecular flexibility index (Phi) is 8.36. The average Bonchev–Trinajstić information content (AvgIpc) is 3.30. The van der Waals surface area contributed by atoms with Crippen molar-refractivity contribution in [1.82, 2.24) is 14.9 Å². The minimum absolute atomic E-state index is 0.0220. The number of fused-ring (bicyclic) bond motifs is 1. The van der Waals surface area contributed by atoms with E-state index in [-0.39, 0.29) is 17.7 Å². The van der Waals surface area contributed by atoms with E-state index in [1.165, 1.54) is 6.42 Å². The molecule has 8 heteroatoms. The fraction of sp³-hybridized carbons (Fsp3) is 0.444. The summed E-state index contributed by atoms with van der Waals surface area (Å²) in [7, 11) is 3.28. The largest absolute Gasteiger partial charge is 0.497 e. The molecule has 1 saturated carbocycles. The highest BCUT2D eigenvalue weighted by atomic mass is 16.5. The van der Waals surface area contributed by atoms with Crippen molar-refractivity contribution in [3.63, 3.8) is 0 Å². The molecule has 0 atom stereocenters. The molecule has 3 aromatic rings. The number of amides is 2. The van der Waals surface area contributed by atoms with E-state index in [0.717, 1.165) is 42.5 Å². The number of hydrogen-bond acceptors (Lipinski definition) is 5. The monoisotopic (exact) mass is 478 g/mol. The van der Waals surface area contributed by atoms with Gasteiger partial charge in [0.1, 0.15) is 5.75 Å². The van der Waals surface area contributed by atoms with E-state index < -0.39 is 0 Å². The minimum atomic E-state index is -0.198. The molecule has 2 N–H and O–H groups in total. The number of carbonyl (C=O) groups excluding carboxylic acids is 2. The fourth-order valence-electron chi connectivity index (χ4n) is 4.63. The molecule has 1 aromatic heterocycles. The van der Waals surface area contributed by atoms with Crippen molar-refractivity contribution in [1.29, 1.82) is 0 Å². The first-order valence-corrected chi connectivity index (χ1v) is 12.3. The van der Waals surface area contributed by atoms with E-state index in [2.05, 4.69) is 15.6 Å². The van der Waals surface area contributed by atoms with Crippen LogP contribution in [0.25, 0.3) is 11.0 Å². The van der Waals surface area contributed by atoms with Crippen molar-refractivity contribution < 1.29 is 19.1 Å². The summed E-state index contributed by atoms with van der Waals surface area (Å²) in [4.78, 5) is 30.6. The molecule has 186 valence electrons. The first kappa shape index (κ1) is 24.7. The van der Waals surface area contributed by atoms with Crippen LogP contribution in [-0.2, 0) is 22.5 Å². The predicted octanol–water partition coefficient (Wildman–Crippen LogP) is 4.18. The number of aromatic nitrogens is 2. The van der Waals surface area contributed by atoms with Gasteiger partial charge < -0.3 is 24.7 Å². The number of carbonyl (C=O) groups is 2. The van der Waals surface area contributed by atoms with Gasteiger partial charge in [0, 0.05) is 31.8 Å². The molecule has 1 heterocycles. The second-order valence-electron chi connectivity index (χ2n) is 9.00. The zero-order valence-corrected chi connectivity index (χ0v) is 20.5. The van der Waals surface area contributed by atoms with Gasteiger partial charge in [0.15, 0.2) is 0 Å². The predicted molar refractivity (Wildman–Crippen MR) is 136 cm³/mol. The van der Waals surface area contributed by atoms with E-state index >= 15 is 0 Å². The Labute approximate surface area is 206 Å². The second kappa shape index (κ2) is 11.8. The summed E-state index contributed by atoms with van der Waals surface area (Å²) in [5, 5.41) is 6.07. The topological polar surface area (TPSA) is 94.5 Å². The highest BCUT2D eigenvalue weighted by Crippen LogP contribution is 2.27. The number of rotatable bonds is 10. The van der Waals surface area contributed by atoms with Crippen LogP contribution in [0.2, 0.25) is 0 Å². The summed E-state index contributed by atoms with van der Waals surface area (Å²) in [5.74, 6) is 0.655. The maximum atomic E-state index is 13.3. The quantitative estimate of drug-likeness (QED) is 0.456. The molecule has 0 unspecified atom stereocenters. The summed E-state index contributed by atoms with van der Waals surface area (Å²) in [5.41, 5.74) is 3.60. The molecular weight excluding hydrogens is 444 g/mol. The molecule has 0 radical (unpaired) electrons. The number of imidazole rings is 1. The Bertz CT molecular complexity index is 1150. The van der Waals surface area contributed by atoms with Gasteiger partial charge in [-0.2, -0.15) is 0 Å². The lowest BCUT2D eigenvalue weighted by atomic mass is 9.88. The van der Waals surface area contributed by atoms with Crippen molar-refractivity contribution in [2.45, 2.75) is 45.1 Å². The molecule has 35 heavy (non-hydrogen) atoms. The van der Waals surface area contributed by atoms with Crippen LogP contribution < -0.4 is 15.4 Å². The summed E-state index contributed by atoms with van der Waals surface area (Å²) < 4.78 is 12.3. The Hall–Kier alpha value is -3.39. The number of benzene rings is 2. The zero-order chi connectivity index (χ0) is 24.6. The van der Waals surface area contributed by atoms with E-state index in [4.69, 9.17) is 9.47 Å². The number of methoxy groups -OCH3 is 2. The zero-order valence-electron chi connectivity index (χ0n) is 20.5. The molecule has 4 rings (SSSR count). The van der Waals surface area contributed by atoms with E-state index in [1.807, 2.05) is 34.9 Å². The van der Waals surface area contributed by atoms with E-state index in [1.54, 1.807) is 26.6 Å². The molecule has 2 amide bonds. The highest BCUT2D eigenvalue weighted by molar-refractivity contribution is 6.07. The third kappa shape index (κ3) is 6.19. The van der Waals surface area contributed by atoms with Crippen LogP contribution in [-0.4, -0.2) is 48.7 Å². The van der Waals surface area contributed by atoms with Crippen LogP contribution >= 0.6 is 0 Å². The van der Waals surface area contributed by atoms with Crippen LogP contribution in [0.3, 0.4) is 0 Å². The number of nitrogens with one attached hydrogen (secondary N) is 2. The number of nitrogens with zero attached hydrogens (tertiary/aromatic N) is 2. The SMILES string of the molecule is COCCn1cnc2cc(NC(=O)C3CCCCC3)cc(C(=O)NCCc3ccc(OC)cc3)c21. The minimum Gasteiger partial charge on any atom is -0.497 e. The second-order valence-corrected chi connectivity index (χ2v) is 9.00. The van der Waals surface area contributed by atoms with Crippen LogP contribution in [0.4, 0.5) is 5.69 Å². The van der Waals surface area contributed by atoms with Gasteiger partial charge in [-0.15, -0.1) is 0 Å². The lowest BCUT2D eigenvalue weighted by Crippen LogP contribution is -2.27. The van der Waals surface area contributed by atoms with Gasteiger partial charge in [-0.3, -0.25) is 9.59 Å². The first-order valence-electron chi connectivity index (χ1n) is 12.3. The molecule has 0 saturated heterocycles. The molecule has 1 fully saturated rings. The van der Waals surface area contributed by atoms with Crippen LogP contribution in [0.5, 0.6) is 5.75 Å². The van der Waals surface area contributed by atoms with Gasteiger partial charge in [0.05, 0.1) is 36.6 Å². The summed E-state index contributed by atoms with van der Waals surface area (Å²) in [6, 6.07) is 11.4. The van der Waals surface area contributed by atoms with E-state index in [0.29, 0.717) is 42.9 Å². The summed E-state index contributed by atoms with van der Waals surface area (Å²) in [6.07, 6.45) is 7.60. The van der Waals surface area contributed by atoms with Gasteiger partial charge in [-0.05, 0) is 49.1 Å². The standard InChI is InChI=1S/C27H34N4O4/c1-34-15-14-31-18-29-24-17-21(30-26(32)20-6-4-3-5-7-20)16-23(25(24)31)27(33)28-13-12-19-8-10-22(35-2)11-9-19/h8-11,16-18,20H,3-7,12-15H2,1-2H3,(H,28,33)(H,30,32). The number of anilines is 1. The van der Waals surface area contributed by atoms with Gasteiger partial charge in [0.2, 0.25) is 5.91 Å². The normalized spacial score (nSPS) is 14.1. The fourth-order valence-corrected chi connectivity index (χ4v) is 4.63. The highest BCUT2D eigenvalue weighted by Gasteiger charge is 2.23. The van der Waals surface area contributed by atoms with Crippen LogP contribution in [0.1, 0.15) is 48.0 Å². The smallest absolute Gasteiger partial charge is 0.253 e. The Balaban J connectivity index is 1.53. The van der Waals surface area contributed by atoms with Gasteiger partial charge in [-0.1, -0.05) is 31.4 Å². The lowest BCUT2D eigenvalue weighted by molar-refractivity contribution is -0.120. The maximum absolute atomic E-state index is 13.3. The molecule has 1 aliphatic rings. The van der Waals surface area contributed by atoms with Crippen molar-refractivity contribution in [2.75, 3.05) is 32.7 Å². The molecule has 0 bridgehead atoms. The van der Waals surface area contributed by atoms with E-state index in [9.17, 15) is 9.59 Å². The molecule has 2 aromatic carbocycles. The molecule has 0 aliphatic heterocycles.